The van der Waals surface area contributed by atoms with Gasteiger partial charge in [0.2, 0.25) is 0 Å². The maximum absolute atomic E-state index is 10.3. The lowest BCUT2D eigenvalue weighted by atomic mass is 9.85. The Morgan fingerprint density at radius 3 is 2.86 bits per heavy atom. The van der Waals surface area contributed by atoms with E-state index in [1.807, 2.05) is 31.2 Å². The van der Waals surface area contributed by atoms with Gasteiger partial charge in [-0.15, -0.1) is 0 Å². The first kappa shape index (κ1) is 9.41. The van der Waals surface area contributed by atoms with Crippen LogP contribution in [0.5, 0.6) is 0 Å². The van der Waals surface area contributed by atoms with E-state index < -0.39 is 5.60 Å². The van der Waals surface area contributed by atoms with Crippen LogP contribution >= 0.6 is 0 Å². The molecule has 1 aliphatic rings. The van der Waals surface area contributed by atoms with Crippen molar-refractivity contribution < 1.29 is 5.11 Å². The van der Waals surface area contributed by atoms with Crippen LogP contribution in [-0.4, -0.2) is 10.1 Å². The monoisotopic (exact) mass is 189 g/mol. The first-order chi connectivity index (χ1) is 6.71. The third kappa shape index (κ3) is 1.70. The molecule has 1 heterocycles. The summed E-state index contributed by atoms with van der Waals surface area (Å²) in [5, 5.41) is 10.3. The number of rotatable bonds is 1. The Bertz CT molecular complexity index is 342. The van der Waals surface area contributed by atoms with Crippen LogP contribution in [0.25, 0.3) is 0 Å². The largest absolute Gasteiger partial charge is 0.381 e. The Morgan fingerprint density at radius 1 is 1.43 bits per heavy atom. The zero-order valence-electron chi connectivity index (χ0n) is 8.40. The smallest absolute Gasteiger partial charge is 0.109 e. The number of hydrogen-bond acceptors (Lipinski definition) is 2. The van der Waals surface area contributed by atoms with Crippen molar-refractivity contribution in [1.82, 2.24) is 4.98 Å². The third-order valence-corrected chi connectivity index (χ3v) is 2.73. The number of hydrogen-bond donors (Lipinski definition) is 1. The molecule has 0 radical (unpaired) electrons. The molecule has 0 aromatic carbocycles. The second-order valence-corrected chi connectivity index (χ2v) is 3.91. The molecule has 14 heavy (non-hydrogen) atoms. The minimum Gasteiger partial charge on any atom is -0.381 e. The van der Waals surface area contributed by atoms with Gasteiger partial charge < -0.3 is 5.11 Å². The van der Waals surface area contributed by atoms with Crippen molar-refractivity contribution in [3.8, 4) is 0 Å². The fourth-order valence-electron chi connectivity index (χ4n) is 1.82. The number of allylic oxidation sites excluding steroid dienone is 1. The molecular formula is C12H15NO. The summed E-state index contributed by atoms with van der Waals surface area (Å²) < 4.78 is 0. The molecule has 1 unspecified atom stereocenters. The molecule has 1 aromatic heterocycles. The predicted molar refractivity (Wildman–Crippen MR) is 55.9 cm³/mol. The van der Waals surface area contributed by atoms with Crippen molar-refractivity contribution >= 4 is 0 Å². The van der Waals surface area contributed by atoms with E-state index in [1.165, 1.54) is 0 Å². The van der Waals surface area contributed by atoms with Gasteiger partial charge in [0.05, 0.1) is 0 Å². The summed E-state index contributed by atoms with van der Waals surface area (Å²) in [6.07, 6.45) is 8.62. The second kappa shape index (κ2) is 3.54. The Balaban J connectivity index is 2.33. The topological polar surface area (TPSA) is 33.1 Å². The molecule has 0 saturated heterocycles. The first-order valence-electron chi connectivity index (χ1n) is 5.04. The lowest BCUT2D eigenvalue weighted by Gasteiger charge is -2.27. The lowest BCUT2D eigenvalue weighted by molar-refractivity contribution is 0.0722. The van der Waals surface area contributed by atoms with Gasteiger partial charge >= 0.3 is 0 Å². The Morgan fingerprint density at radius 2 is 2.29 bits per heavy atom. The molecule has 2 nitrogen and oxygen atoms in total. The van der Waals surface area contributed by atoms with Crippen LogP contribution in [0.3, 0.4) is 0 Å². The molecular weight excluding hydrogens is 174 g/mol. The van der Waals surface area contributed by atoms with E-state index in [4.69, 9.17) is 0 Å². The highest BCUT2D eigenvalue weighted by Gasteiger charge is 2.27. The molecule has 2 rings (SSSR count). The molecule has 0 saturated carbocycles. The summed E-state index contributed by atoms with van der Waals surface area (Å²) in [5.41, 5.74) is 1.11. The molecule has 1 aromatic rings. The summed E-state index contributed by atoms with van der Waals surface area (Å²) in [6, 6.07) is 3.90. The second-order valence-electron chi connectivity index (χ2n) is 3.91. The van der Waals surface area contributed by atoms with Crippen LogP contribution in [0.4, 0.5) is 0 Å². The van der Waals surface area contributed by atoms with Gasteiger partial charge in [0.15, 0.2) is 0 Å². The number of aryl methyl sites for hydroxylation is 1. The molecule has 2 heteroatoms. The molecule has 1 aliphatic carbocycles. The van der Waals surface area contributed by atoms with Gasteiger partial charge in [0.25, 0.3) is 0 Å². The third-order valence-electron chi connectivity index (χ3n) is 2.73. The summed E-state index contributed by atoms with van der Waals surface area (Å²) in [4.78, 5) is 4.21. The standard InChI is InChI=1S/C12H15NO/c1-10-5-6-11(9-13-10)12(14)7-3-2-4-8-12/h3,5-7,9,14H,2,4,8H2,1H3. The molecule has 1 N–H and O–H groups in total. The number of aromatic nitrogens is 1. The van der Waals surface area contributed by atoms with Crippen LogP contribution < -0.4 is 0 Å². The van der Waals surface area contributed by atoms with Crippen molar-refractivity contribution in [2.75, 3.05) is 0 Å². The highest BCUT2D eigenvalue weighted by molar-refractivity contribution is 5.26. The molecule has 74 valence electrons. The molecule has 0 bridgehead atoms. The van der Waals surface area contributed by atoms with Gasteiger partial charge in [0.1, 0.15) is 5.60 Å². The maximum atomic E-state index is 10.3. The predicted octanol–water partition coefficient (Wildman–Crippen LogP) is 2.32. The summed E-state index contributed by atoms with van der Waals surface area (Å²) >= 11 is 0. The van der Waals surface area contributed by atoms with Crippen LogP contribution in [0, 0.1) is 6.92 Å². The molecule has 1 atom stereocenters. The van der Waals surface area contributed by atoms with Gasteiger partial charge in [-0.2, -0.15) is 0 Å². The van der Waals surface area contributed by atoms with Crippen molar-refractivity contribution in [3.05, 3.63) is 41.7 Å². The van der Waals surface area contributed by atoms with Crippen molar-refractivity contribution in [3.63, 3.8) is 0 Å². The lowest BCUT2D eigenvalue weighted by Crippen LogP contribution is -2.24. The van der Waals surface area contributed by atoms with Gasteiger partial charge in [-0.3, -0.25) is 4.98 Å². The highest BCUT2D eigenvalue weighted by Crippen LogP contribution is 2.31. The van der Waals surface area contributed by atoms with E-state index in [-0.39, 0.29) is 0 Å². The van der Waals surface area contributed by atoms with Crippen molar-refractivity contribution in [1.29, 1.82) is 0 Å². The zero-order chi connectivity index (χ0) is 10.0. The van der Waals surface area contributed by atoms with E-state index in [0.29, 0.717) is 0 Å². The molecule has 0 aliphatic heterocycles. The minimum absolute atomic E-state index is 0.779. The van der Waals surface area contributed by atoms with Crippen LogP contribution in [0.2, 0.25) is 0 Å². The zero-order valence-corrected chi connectivity index (χ0v) is 8.40. The summed E-state index contributed by atoms with van der Waals surface area (Å²) in [6.45, 7) is 1.95. The highest BCUT2D eigenvalue weighted by atomic mass is 16.3. The van der Waals surface area contributed by atoms with Crippen molar-refractivity contribution in [2.24, 2.45) is 0 Å². The van der Waals surface area contributed by atoms with Crippen LogP contribution in [0.1, 0.15) is 30.5 Å². The Labute approximate surface area is 84.3 Å². The maximum Gasteiger partial charge on any atom is 0.109 e. The van der Waals surface area contributed by atoms with E-state index in [0.717, 1.165) is 30.5 Å². The fraction of sp³-hybridized carbons (Fsp3) is 0.417. The summed E-state index contributed by atoms with van der Waals surface area (Å²) in [7, 11) is 0. The van der Waals surface area contributed by atoms with Gasteiger partial charge in [0, 0.05) is 17.5 Å². The minimum atomic E-state index is -0.779. The molecule has 0 fully saturated rings. The normalized spacial score (nSPS) is 26.4. The summed E-state index contributed by atoms with van der Waals surface area (Å²) in [5.74, 6) is 0. The molecule has 0 amide bonds. The number of nitrogens with zero attached hydrogens (tertiary/aromatic N) is 1. The quantitative estimate of drug-likeness (QED) is 0.688. The molecule has 0 spiro atoms. The van der Waals surface area contributed by atoms with E-state index in [2.05, 4.69) is 4.98 Å². The SMILES string of the molecule is Cc1ccc(C2(O)C=CCCC2)cn1. The van der Waals surface area contributed by atoms with E-state index >= 15 is 0 Å². The average Bonchev–Trinajstić information content (AvgIpc) is 2.19. The van der Waals surface area contributed by atoms with E-state index in [1.54, 1.807) is 6.20 Å². The average molecular weight is 189 g/mol. The van der Waals surface area contributed by atoms with Crippen LogP contribution in [0.15, 0.2) is 30.5 Å². The van der Waals surface area contributed by atoms with Gasteiger partial charge in [-0.25, -0.2) is 0 Å². The van der Waals surface area contributed by atoms with E-state index in [9.17, 15) is 5.11 Å². The Kier molecular flexibility index (Phi) is 2.38. The van der Waals surface area contributed by atoms with Gasteiger partial charge in [-0.05, 0) is 32.3 Å². The van der Waals surface area contributed by atoms with Gasteiger partial charge in [-0.1, -0.05) is 18.2 Å². The Hall–Kier alpha value is -1.15. The van der Waals surface area contributed by atoms with Crippen LogP contribution in [-0.2, 0) is 5.60 Å². The first-order valence-corrected chi connectivity index (χ1v) is 5.04. The fourth-order valence-corrected chi connectivity index (χ4v) is 1.82. The van der Waals surface area contributed by atoms with Crippen molar-refractivity contribution in [2.45, 2.75) is 31.8 Å². The number of pyridine rings is 1. The number of aliphatic hydroxyl groups is 1.